The van der Waals surface area contributed by atoms with Crippen molar-refractivity contribution >= 4 is 5.91 Å². The Balaban J connectivity index is 1.72. The third-order valence-corrected chi connectivity index (χ3v) is 3.69. The molecule has 0 saturated carbocycles. The molecular weight excluding hydrogens is 260 g/mol. The first-order valence-electron chi connectivity index (χ1n) is 7.55. The SMILES string of the molecule is CC(C)O[C@H]1CN(C(=O)CCN2CCCCO2)C[C@@H]1O. The molecule has 1 N–H and O–H groups in total. The van der Waals surface area contributed by atoms with E-state index >= 15 is 0 Å². The third-order valence-electron chi connectivity index (χ3n) is 3.69. The minimum absolute atomic E-state index is 0.0615. The predicted molar refractivity (Wildman–Crippen MR) is 74.0 cm³/mol. The van der Waals surface area contributed by atoms with Gasteiger partial charge in [-0.3, -0.25) is 9.63 Å². The smallest absolute Gasteiger partial charge is 0.224 e. The molecule has 0 aromatic rings. The molecule has 2 aliphatic heterocycles. The molecule has 2 rings (SSSR count). The van der Waals surface area contributed by atoms with Crippen LogP contribution in [0.25, 0.3) is 0 Å². The van der Waals surface area contributed by atoms with Crippen LogP contribution in [0.4, 0.5) is 0 Å². The average Bonchev–Trinajstić information content (AvgIpc) is 2.78. The van der Waals surface area contributed by atoms with Crippen LogP contribution in [0.3, 0.4) is 0 Å². The van der Waals surface area contributed by atoms with Gasteiger partial charge in [-0.2, -0.15) is 5.06 Å². The van der Waals surface area contributed by atoms with E-state index in [9.17, 15) is 9.90 Å². The fourth-order valence-electron chi connectivity index (χ4n) is 2.65. The van der Waals surface area contributed by atoms with Gasteiger partial charge >= 0.3 is 0 Å². The van der Waals surface area contributed by atoms with Crippen molar-refractivity contribution in [1.82, 2.24) is 9.96 Å². The highest BCUT2D eigenvalue weighted by atomic mass is 16.7. The molecule has 6 heteroatoms. The second-order valence-corrected chi connectivity index (χ2v) is 5.81. The number of hydrogen-bond acceptors (Lipinski definition) is 5. The molecule has 20 heavy (non-hydrogen) atoms. The topological polar surface area (TPSA) is 62.2 Å². The number of aliphatic hydroxyl groups is 1. The highest BCUT2D eigenvalue weighted by Crippen LogP contribution is 2.16. The van der Waals surface area contributed by atoms with E-state index in [2.05, 4.69) is 0 Å². The second-order valence-electron chi connectivity index (χ2n) is 5.81. The zero-order valence-corrected chi connectivity index (χ0v) is 12.5. The highest BCUT2D eigenvalue weighted by molar-refractivity contribution is 5.76. The zero-order valence-electron chi connectivity index (χ0n) is 12.5. The molecule has 2 saturated heterocycles. The molecule has 2 fully saturated rings. The molecule has 0 aromatic carbocycles. The number of hydrogen-bond donors (Lipinski definition) is 1. The molecule has 0 aliphatic carbocycles. The number of carbonyl (C=O) groups excluding carboxylic acids is 1. The Morgan fingerprint density at radius 2 is 2.20 bits per heavy atom. The fraction of sp³-hybridized carbons (Fsp3) is 0.929. The molecule has 2 atom stereocenters. The molecule has 6 nitrogen and oxygen atoms in total. The summed E-state index contributed by atoms with van der Waals surface area (Å²) in [6.45, 7) is 7.00. The summed E-state index contributed by atoms with van der Waals surface area (Å²) in [5.41, 5.74) is 0. The molecule has 116 valence electrons. The lowest BCUT2D eigenvalue weighted by molar-refractivity contribution is -0.182. The normalized spacial score (nSPS) is 28.3. The van der Waals surface area contributed by atoms with E-state index < -0.39 is 6.10 Å². The summed E-state index contributed by atoms with van der Waals surface area (Å²) >= 11 is 0. The van der Waals surface area contributed by atoms with Gasteiger partial charge in [0.15, 0.2) is 0 Å². The van der Waals surface area contributed by atoms with Crippen molar-refractivity contribution in [1.29, 1.82) is 0 Å². The largest absolute Gasteiger partial charge is 0.388 e. The van der Waals surface area contributed by atoms with Gasteiger partial charge in [-0.15, -0.1) is 0 Å². The summed E-state index contributed by atoms with van der Waals surface area (Å²) in [6.07, 6.45) is 1.88. The van der Waals surface area contributed by atoms with Crippen LogP contribution in [0.2, 0.25) is 0 Å². The number of aliphatic hydroxyl groups excluding tert-OH is 1. The molecular formula is C14H26N2O4. The maximum absolute atomic E-state index is 12.1. The summed E-state index contributed by atoms with van der Waals surface area (Å²) in [5, 5.41) is 11.8. The Bertz CT molecular complexity index is 318. The number of hydroxylamine groups is 2. The first kappa shape index (κ1) is 15.7. The van der Waals surface area contributed by atoms with Crippen LogP contribution in [-0.2, 0) is 14.4 Å². The highest BCUT2D eigenvalue weighted by Gasteiger charge is 2.35. The summed E-state index contributed by atoms with van der Waals surface area (Å²) in [5.74, 6) is 0.0630. The van der Waals surface area contributed by atoms with Gasteiger partial charge in [0.05, 0.1) is 18.8 Å². The first-order chi connectivity index (χ1) is 9.56. The number of nitrogens with zero attached hydrogens (tertiary/aromatic N) is 2. The standard InChI is InChI=1S/C14H26N2O4/c1-11(2)20-13-10-15(9-12(13)17)14(18)5-7-16-6-3-4-8-19-16/h11-13,17H,3-10H2,1-2H3/t12-,13-/m0/s1. The van der Waals surface area contributed by atoms with Gasteiger partial charge in [0, 0.05) is 32.6 Å². The first-order valence-corrected chi connectivity index (χ1v) is 7.55. The second kappa shape index (κ2) is 7.36. The van der Waals surface area contributed by atoms with Crippen LogP contribution >= 0.6 is 0 Å². The summed E-state index contributed by atoms with van der Waals surface area (Å²) in [6, 6.07) is 0. The van der Waals surface area contributed by atoms with E-state index in [-0.39, 0.29) is 18.1 Å². The maximum atomic E-state index is 12.1. The van der Waals surface area contributed by atoms with Crippen LogP contribution in [0.1, 0.15) is 33.1 Å². The number of amides is 1. The molecule has 2 heterocycles. The van der Waals surface area contributed by atoms with Crippen LogP contribution in [0.5, 0.6) is 0 Å². The predicted octanol–water partition coefficient (Wildman–Crippen LogP) is 0.401. The van der Waals surface area contributed by atoms with Gasteiger partial charge in [-0.25, -0.2) is 0 Å². The molecule has 2 aliphatic rings. The molecule has 0 radical (unpaired) electrons. The van der Waals surface area contributed by atoms with Gasteiger partial charge in [-0.1, -0.05) is 0 Å². The third kappa shape index (κ3) is 4.41. The molecule has 0 aromatic heterocycles. The Morgan fingerprint density at radius 3 is 2.85 bits per heavy atom. The van der Waals surface area contributed by atoms with Crippen molar-refractivity contribution in [3.63, 3.8) is 0 Å². The van der Waals surface area contributed by atoms with Crippen LogP contribution in [0.15, 0.2) is 0 Å². The van der Waals surface area contributed by atoms with E-state index in [1.165, 1.54) is 0 Å². The van der Waals surface area contributed by atoms with Crippen molar-refractivity contribution < 1.29 is 19.5 Å². The summed E-state index contributed by atoms with van der Waals surface area (Å²) in [4.78, 5) is 19.3. The molecule has 1 amide bonds. The Morgan fingerprint density at radius 1 is 1.40 bits per heavy atom. The number of ether oxygens (including phenoxy) is 1. The fourth-order valence-corrected chi connectivity index (χ4v) is 2.65. The minimum atomic E-state index is -0.576. The summed E-state index contributed by atoms with van der Waals surface area (Å²) in [7, 11) is 0. The number of β-amino-alcohol motifs (C(OH)–C–C–N with tert-alkyl or cyclic N) is 1. The Hall–Kier alpha value is -0.690. The van der Waals surface area contributed by atoms with Gasteiger partial charge in [0.1, 0.15) is 6.10 Å². The number of rotatable bonds is 5. The quantitative estimate of drug-likeness (QED) is 0.793. The van der Waals surface area contributed by atoms with Gasteiger partial charge in [0.2, 0.25) is 5.91 Å². The van der Waals surface area contributed by atoms with E-state index in [1.54, 1.807) is 4.90 Å². The molecule has 0 bridgehead atoms. The Labute approximate surface area is 120 Å². The van der Waals surface area contributed by atoms with Crippen molar-refractivity contribution in [2.24, 2.45) is 0 Å². The van der Waals surface area contributed by atoms with Crippen LogP contribution in [-0.4, -0.2) is 72.1 Å². The minimum Gasteiger partial charge on any atom is -0.388 e. The Kier molecular flexibility index (Phi) is 5.77. The number of likely N-dealkylation sites (tertiary alicyclic amines) is 1. The van der Waals surface area contributed by atoms with Crippen LogP contribution in [0, 0.1) is 0 Å². The van der Waals surface area contributed by atoms with E-state index in [0.717, 1.165) is 26.0 Å². The monoisotopic (exact) mass is 286 g/mol. The average molecular weight is 286 g/mol. The molecule has 0 spiro atoms. The van der Waals surface area contributed by atoms with Crippen molar-refractivity contribution in [3.05, 3.63) is 0 Å². The zero-order chi connectivity index (χ0) is 14.5. The van der Waals surface area contributed by atoms with E-state index in [0.29, 0.717) is 26.1 Å². The van der Waals surface area contributed by atoms with Crippen molar-refractivity contribution in [2.75, 3.05) is 32.8 Å². The van der Waals surface area contributed by atoms with Crippen molar-refractivity contribution in [2.45, 2.75) is 51.4 Å². The van der Waals surface area contributed by atoms with Crippen LogP contribution < -0.4 is 0 Å². The van der Waals surface area contributed by atoms with Gasteiger partial charge in [0.25, 0.3) is 0 Å². The van der Waals surface area contributed by atoms with Gasteiger partial charge < -0.3 is 14.7 Å². The lowest BCUT2D eigenvalue weighted by Gasteiger charge is -2.26. The molecule has 0 unspecified atom stereocenters. The maximum Gasteiger partial charge on any atom is 0.224 e. The van der Waals surface area contributed by atoms with Gasteiger partial charge in [-0.05, 0) is 26.7 Å². The lowest BCUT2D eigenvalue weighted by Crippen LogP contribution is -2.36. The summed E-state index contributed by atoms with van der Waals surface area (Å²) < 4.78 is 5.62. The number of carbonyl (C=O) groups is 1. The van der Waals surface area contributed by atoms with E-state index in [1.807, 2.05) is 18.9 Å². The van der Waals surface area contributed by atoms with E-state index in [4.69, 9.17) is 9.57 Å². The lowest BCUT2D eigenvalue weighted by atomic mass is 10.2. The van der Waals surface area contributed by atoms with Crippen molar-refractivity contribution in [3.8, 4) is 0 Å².